The second-order valence-corrected chi connectivity index (χ2v) is 5.46. The molecular weight excluding hydrogens is 369 g/mol. The van der Waals surface area contributed by atoms with E-state index < -0.39 is 0 Å². The first-order chi connectivity index (χ1) is 9.72. The zero-order chi connectivity index (χ0) is 13.9. The predicted molar refractivity (Wildman–Crippen MR) is 83.3 cm³/mol. The Morgan fingerprint density at radius 1 is 1.25 bits per heavy atom. The number of carbonyl (C=O) groups excluding carboxylic acids is 1. The molecule has 0 aliphatic heterocycles. The Bertz CT molecular complexity index is 752. The van der Waals surface area contributed by atoms with Crippen molar-refractivity contribution in [2.45, 2.75) is 6.42 Å². The van der Waals surface area contributed by atoms with Crippen LogP contribution in [0.25, 0.3) is 11.0 Å². The third kappa shape index (κ3) is 2.79. The lowest BCUT2D eigenvalue weighted by atomic mass is 10.1. The van der Waals surface area contributed by atoms with E-state index in [1.165, 1.54) is 0 Å². The van der Waals surface area contributed by atoms with Crippen molar-refractivity contribution in [1.29, 1.82) is 0 Å². The third-order valence-electron chi connectivity index (χ3n) is 2.78. The van der Waals surface area contributed by atoms with Gasteiger partial charge in [-0.15, -0.1) is 0 Å². The number of nitrogens with one attached hydrogen (secondary N) is 1. The quantitative estimate of drug-likeness (QED) is 0.711. The average Bonchev–Trinajstić information content (AvgIpc) is 2.85. The van der Waals surface area contributed by atoms with E-state index >= 15 is 0 Å². The number of pyridine rings is 1. The Hall–Kier alpha value is -1.96. The zero-order valence-corrected chi connectivity index (χ0v) is 12.5. The molecule has 3 rings (SSSR count). The Kier molecular flexibility index (Phi) is 3.64. The molecule has 0 unspecified atom stereocenters. The van der Waals surface area contributed by atoms with Gasteiger partial charge in [0.2, 0.25) is 5.91 Å². The average molecular weight is 379 g/mol. The molecular formula is C14H10IN3O2. The van der Waals surface area contributed by atoms with Gasteiger partial charge in [0.25, 0.3) is 0 Å². The monoisotopic (exact) mass is 379 g/mol. The molecule has 2 heterocycles. The van der Waals surface area contributed by atoms with Gasteiger partial charge in [-0.05, 0) is 46.9 Å². The summed E-state index contributed by atoms with van der Waals surface area (Å²) in [5, 5.41) is 7.53. The van der Waals surface area contributed by atoms with Gasteiger partial charge in [-0.3, -0.25) is 4.79 Å². The lowest BCUT2D eigenvalue weighted by Gasteiger charge is -2.02. The van der Waals surface area contributed by atoms with Crippen LogP contribution in [0.3, 0.4) is 0 Å². The number of nitrogens with zero attached hydrogens (tertiary/aromatic N) is 2. The molecule has 6 heteroatoms. The topological polar surface area (TPSA) is 68.0 Å². The van der Waals surface area contributed by atoms with E-state index in [-0.39, 0.29) is 12.3 Å². The van der Waals surface area contributed by atoms with Gasteiger partial charge in [0.1, 0.15) is 11.5 Å². The van der Waals surface area contributed by atoms with Gasteiger partial charge in [-0.25, -0.2) is 4.98 Å². The summed E-state index contributed by atoms with van der Waals surface area (Å²) in [6, 6.07) is 11.1. The molecule has 20 heavy (non-hydrogen) atoms. The molecule has 1 aromatic carbocycles. The highest BCUT2D eigenvalue weighted by Gasteiger charge is 2.12. The first kappa shape index (κ1) is 13.0. The molecule has 0 spiro atoms. The summed E-state index contributed by atoms with van der Waals surface area (Å²) in [5.74, 6) is 0.362. The van der Waals surface area contributed by atoms with Crippen molar-refractivity contribution in [3.8, 4) is 0 Å². The summed E-state index contributed by atoms with van der Waals surface area (Å²) in [4.78, 5) is 16.1. The molecule has 3 aromatic rings. The van der Waals surface area contributed by atoms with Crippen LogP contribution in [-0.4, -0.2) is 16.0 Å². The van der Waals surface area contributed by atoms with Crippen LogP contribution in [0.5, 0.6) is 0 Å². The Labute approximate surface area is 128 Å². The lowest BCUT2D eigenvalue weighted by Crippen LogP contribution is -2.15. The summed E-state index contributed by atoms with van der Waals surface area (Å²) in [7, 11) is 0. The van der Waals surface area contributed by atoms with Crippen LogP contribution in [0.15, 0.2) is 47.1 Å². The molecule has 0 bridgehead atoms. The van der Waals surface area contributed by atoms with Gasteiger partial charge in [0.05, 0.1) is 6.42 Å². The van der Waals surface area contributed by atoms with Gasteiger partial charge in [0, 0.05) is 15.2 Å². The van der Waals surface area contributed by atoms with Crippen LogP contribution in [0, 0.1) is 3.57 Å². The van der Waals surface area contributed by atoms with E-state index in [4.69, 9.17) is 4.52 Å². The lowest BCUT2D eigenvalue weighted by molar-refractivity contribution is -0.115. The number of amides is 1. The van der Waals surface area contributed by atoms with Crippen molar-refractivity contribution in [3.05, 3.63) is 51.9 Å². The van der Waals surface area contributed by atoms with Crippen molar-refractivity contribution in [3.63, 3.8) is 0 Å². The fourth-order valence-corrected chi connectivity index (χ4v) is 2.17. The van der Waals surface area contributed by atoms with Crippen molar-refractivity contribution >= 4 is 45.3 Å². The van der Waals surface area contributed by atoms with E-state index in [9.17, 15) is 4.79 Å². The predicted octanol–water partition coefficient (Wildman–Crippen LogP) is 3.01. The highest BCUT2D eigenvalue weighted by molar-refractivity contribution is 14.1. The summed E-state index contributed by atoms with van der Waals surface area (Å²) in [6.45, 7) is 0. The van der Waals surface area contributed by atoms with E-state index in [0.717, 1.165) is 8.96 Å². The number of halogens is 1. The van der Waals surface area contributed by atoms with E-state index in [1.54, 1.807) is 12.3 Å². The molecule has 1 N–H and O–H groups in total. The van der Waals surface area contributed by atoms with E-state index in [1.807, 2.05) is 30.3 Å². The second kappa shape index (κ2) is 5.58. The fourth-order valence-electron chi connectivity index (χ4n) is 1.85. The largest absolute Gasteiger partial charge is 0.356 e. The van der Waals surface area contributed by atoms with Crippen molar-refractivity contribution < 1.29 is 9.32 Å². The van der Waals surface area contributed by atoms with Crippen molar-refractivity contribution in [1.82, 2.24) is 10.1 Å². The van der Waals surface area contributed by atoms with E-state index in [0.29, 0.717) is 17.1 Å². The van der Waals surface area contributed by atoms with Crippen LogP contribution in [0.2, 0.25) is 0 Å². The number of hydrogen-bond donors (Lipinski definition) is 1. The molecule has 100 valence electrons. The minimum atomic E-state index is -0.169. The molecule has 0 aliphatic carbocycles. The molecule has 0 aliphatic rings. The second-order valence-electron chi connectivity index (χ2n) is 4.21. The summed E-state index contributed by atoms with van der Waals surface area (Å²) >= 11 is 2.16. The number of benzene rings is 1. The van der Waals surface area contributed by atoms with Gasteiger partial charge in [0.15, 0.2) is 5.58 Å². The van der Waals surface area contributed by atoms with Crippen molar-refractivity contribution in [2.75, 3.05) is 5.32 Å². The highest BCUT2D eigenvalue weighted by atomic mass is 127. The van der Waals surface area contributed by atoms with Gasteiger partial charge < -0.3 is 9.84 Å². The number of aromatic nitrogens is 2. The SMILES string of the molecule is O=C(Cc1noc2ccccc12)Nc1ccc(I)cn1. The zero-order valence-electron chi connectivity index (χ0n) is 10.3. The maximum Gasteiger partial charge on any atom is 0.231 e. The minimum Gasteiger partial charge on any atom is -0.356 e. The normalized spacial score (nSPS) is 10.7. The highest BCUT2D eigenvalue weighted by Crippen LogP contribution is 2.18. The standard InChI is InChI=1S/C14H10IN3O2/c15-9-5-6-13(16-8-9)17-14(19)7-11-10-3-1-2-4-12(10)20-18-11/h1-6,8H,7H2,(H,16,17,19). The van der Waals surface area contributed by atoms with Crippen LogP contribution in [0.4, 0.5) is 5.82 Å². The fraction of sp³-hybridized carbons (Fsp3) is 0.0714. The number of rotatable bonds is 3. The number of fused-ring (bicyclic) bond motifs is 1. The Morgan fingerprint density at radius 3 is 2.90 bits per heavy atom. The van der Waals surface area contributed by atoms with Gasteiger partial charge in [-0.1, -0.05) is 17.3 Å². The van der Waals surface area contributed by atoms with Crippen molar-refractivity contribution in [2.24, 2.45) is 0 Å². The third-order valence-corrected chi connectivity index (χ3v) is 3.41. The van der Waals surface area contributed by atoms with Gasteiger partial charge >= 0.3 is 0 Å². The van der Waals surface area contributed by atoms with Crippen LogP contribution in [0.1, 0.15) is 5.69 Å². The molecule has 0 saturated heterocycles. The molecule has 0 fully saturated rings. The van der Waals surface area contributed by atoms with Crippen LogP contribution >= 0.6 is 22.6 Å². The Balaban J connectivity index is 1.74. The molecule has 0 saturated carbocycles. The number of para-hydroxylation sites is 1. The number of hydrogen-bond acceptors (Lipinski definition) is 4. The van der Waals surface area contributed by atoms with Gasteiger partial charge in [-0.2, -0.15) is 0 Å². The minimum absolute atomic E-state index is 0.157. The molecule has 2 aromatic heterocycles. The van der Waals surface area contributed by atoms with E-state index in [2.05, 4.69) is 38.0 Å². The smallest absolute Gasteiger partial charge is 0.231 e. The number of carbonyl (C=O) groups is 1. The van der Waals surface area contributed by atoms with Crippen LogP contribution < -0.4 is 5.32 Å². The molecule has 0 radical (unpaired) electrons. The maximum absolute atomic E-state index is 12.0. The Morgan fingerprint density at radius 2 is 2.10 bits per heavy atom. The molecule has 5 nitrogen and oxygen atoms in total. The maximum atomic E-state index is 12.0. The van der Waals surface area contributed by atoms with Crippen LogP contribution in [-0.2, 0) is 11.2 Å². The molecule has 1 amide bonds. The molecule has 0 atom stereocenters. The summed E-state index contributed by atoms with van der Waals surface area (Å²) < 4.78 is 6.19. The summed E-state index contributed by atoms with van der Waals surface area (Å²) in [5.41, 5.74) is 1.31. The number of anilines is 1. The summed E-state index contributed by atoms with van der Waals surface area (Å²) in [6.07, 6.45) is 1.85. The first-order valence-electron chi connectivity index (χ1n) is 5.97. The first-order valence-corrected chi connectivity index (χ1v) is 7.05.